The van der Waals surface area contributed by atoms with E-state index in [2.05, 4.69) is 15.3 Å². The van der Waals surface area contributed by atoms with Crippen LogP contribution >= 0.6 is 0 Å². The molecule has 0 bridgehead atoms. The molecule has 1 aromatic heterocycles. The zero-order valence-corrected chi connectivity index (χ0v) is 10.8. The lowest BCUT2D eigenvalue weighted by Gasteiger charge is -2.21. The molecule has 0 aromatic carbocycles. The molecule has 1 unspecified atom stereocenters. The third-order valence-corrected chi connectivity index (χ3v) is 2.79. The third kappa shape index (κ3) is 3.30. The maximum Gasteiger partial charge on any atom is 0.218 e. The maximum absolute atomic E-state index is 10.1. The van der Waals surface area contributed by atoms with Crippen LogP contribution in [-0.4, -0.2) is 47.0 Å². The van der Waals surface area contributed by atoms with Gasteiger partial charge in [-0.1, -0.05) is 0 Å². The highest BCUT2D eigenvalue weighted by molar-refractivity contribution is 5.38. The lowest BCUT2D eigenvalue weighted by Crippen LogP contribution is -2.37. The summed E-state index contributed by atoms with van der Waals surface area (Å²) >= 11 is 0. The van der Waals surface area contributed by atoms with Crippen LogP contribution in [0.3, 0.4) is 0 Å². The number of ether oxygens (including phenoxy) is 2. The fourth-order valence-electron chi connectivity index (χ4n) is 1.84. The molecule has 0 spiro atoms. The Bertz CT molecular complexity index is 406. The summed E-state index contributed by atoms with van der Waals surface area (Å²) in [5.41, 5.74) is -0.801. The summed E-state index contributed by atoms with van der Waals surface area (Å²) in [6, 6.07) is 1.73. The smallest absolute Gasteiger partial charge is 0.218 e. The summed E-state index contributed by atoms with van der Waals surface area (Å²) in [7, 11) is 0. The van der Waals surface area contributed by atoms with Gasteiger partial charge in [-0.15, -0.1) is 0 Å². The van der Waals surface area contributed by atoms with Gasteiger partial charge in [-0.25, -0.2) is 4.98 Å². The first-order chi connectivity index (χ1) is 8.61. The van der Waals surface area contributed by atoms with Gasteiger partial charge in [-0.05, 0) is 13.8 Å². The van der Waals surface area contributed by atoms with Crippen LogP contribution < -0.4 is 10.1 Å². The molecule has 0 radical (unpaired) electrons. The predicted molar refractivity (Wildman–Crippen MR) is 66.8 cm³/mol. The average molecular weight is 253 g/mol. The number of aryl methyl sites for hydroxylation is 1. The Labute approximate surface area is 106 Å². The highest BCUT2D eigenvalue weighted by Crippen LogP contribution is 2.20. The van der Waals surface area contributed by atoms with Crippen LogP contribution in [0.2, 0.25) is 0 Å². The monoisotopic (exact) mass is 253 g/mol. The van der Waals surface area contributed by atoms with E-state index >= 15 is 0 Å². The quantitative estimate of drug-likeness (QED) is 0.806. The molecule has 6 heteroatoms. The lowest BCUT2D eigenvalue weighted by molar-refractivity contribution is 0.0381. The molecule has 18 heavy (non-hydrogen) atoms. The van der Waals surface area contributed by atoms with Crippen LogP contribution in [0.5, 0.6) is 5.88 Å². The molecule has 6 nitrogen and oxygen atoms in total. The largest absolute Gasteiger partial charge is 0.478 e. The molecule has 0 aliphatic carbocycles. The molecule has 2 N–H and O–H groups in total. The van der Waals surface area contributed by atoms with Crippen molar-refractivity contribution < 1.29 is 14.6 Å². The molecular formula is C12H19N3O3. The van der Waals surface area contributed by atoms with Crippen molar-refractivity contribution in [1.29, 1.82) is 0 Å². The Balaban J connectivity index is 2.00. The second-order valence-corrected chi connectivity index (χ2v) is 4.45. The van der Waals surface area contributed by atoms with E-state index in [4.69, 9.17) is 9.47 Å². The van der Waals surface area contributed by atoms with E-state index < -0.39 is 5.60 Å². The highest BCUT2D eigenvalue weighted by Gasteiger charge is 2.32. The van der Waals surface area contributed by atoms with Crippen LogP contribution in [-0.2, 0) is 4.74 Å². The van der Waals surface area contributed by atoms with Gasteiger partial charge < -0.3 is 19.9 Å². The fourth-order valence-corrected chi connectivity index (χ4v) is 1.84. The number of anilines is 1. The summed E-state index contributed by atoms with van der Waals surface area (Å²) in [5, 5.41) is 13.2. The first kappa shape index (κ1) is 13.0. The van der Waals surface area contributed by atoms with Crippen molar-refractivity contribution in [2.24, 2.45) is 0 Å². The average Bonchev–Trinajstić information content (AvgIpc) is 2.74. The van der Waals surface area contributed by atoms with Crippen LogP contribution in [0.15, 0.2) is 6.07 Å². The van der Waals surface area contributed by atoms with Gasteiger partial charge in [-0.3, -0.25) is 0 Å². The van der Waals surface area contributed by atoms with E-state index in [0.29, 0.717) is 50.3 Å². The van der Waals surface area contributed by atoms with E-state index in [1.807, 2.05) is 6.92 Å². The van der Waals surface area contributed by atoms with Crippen molar-refractivity contribution in [2.45, 2.75) is 25.9 Å². The van der Waals surface area contributed by atoms with E-state index in [9.17, 15) is 5.11 Å². The molecule has 0 amide bonds. The highest BCUT2D eigenvalue weighted by atomic mass is 16.5. The van der Waals surface area contributed by atoms with E-state index in [0.717, 1.165) is 0 Å². The summed E-state index contributed by atoms with van der Waals surface area (Å²) in [6.07, 6.45) is 0.641. The topological polar surface area (TPSA) is 76.5 Å². The van der Waals surface area contributed by atoms with Crippen LogP contribution in [0.25, 0.3) is 0 Å². The fraction of sp³-hybridized carbons (Fsp3) is 0.667. The lowest BCUT2D eigenvalue weighted by atomic mass is 10.0. The molecule has 2 heterocycles. The third-order valence-electron chi connectivity index (χ3n) is 2.79. The van der Waals surface area contributed by atoms with Crippen molar-refractivity contribution >= 4 is 5.82 Å². The molecule has 1 aliphatic rings. The van der Waals surface area contributed by atoms with Crippen molar-refractivity contribution in [3.8, 4) is 5.88 Å². The van der Waals surface area contributed by atoms with Gasteiger partial charge in [0.1, 0.15) is 17.2 Å². The number of aromatic nitrogens is 2. The van der Waals surface area contributed by atoms with Crippen LogP contribution in [0, 0.1) is 6.92 Å². The number of hydrogen-bond donors (Lipinski definition) is 2. The van der Waals surface area contributed by atoms with Gasteiger partial charge in [0.2, 0.25) is 5.88 Å². The molecule has 1 aromatic rings. The number of hydrogen-bond acceptors (Lipinski definition) is 6. The van der Waals surface area contributed by atoms with Gasteiger partial charge >= 0.3 is 0 Å². The van der Waals surface area contributed by atoms with Gasteiger partial charge in [0.15, 0.2) is 0 Å². The minimum Gasteiger partial charge on any atom is -0.478 e. The minimum atomic E-state index is -0.801. The first-order valence-corrected chi connectivity index (χ1v) is 6.14. The molecule has 1 atom stereocenters. The Hall–Kier alpha value is -1.40. The molecule has 0 saturated carbocycles. The zero-order chi connectivity index (χ0) is 13.0. The van der Waals surface area contributed by atoms with Crippen molar-refractivity contribution in [3.05, 3.63) is 11.9 Å². The number of rotatable bonds is 5. The van der Waals surface area contributed by atoms with Crippen molar-refractivity contribution in [1.82, 2.24) is 9.97 Å². The van der Waals surface area contributed by atoms with E-state index in [1.54, 1.807) is 13.0 Å². The normalized spacial score (nSPS) is 23.1. The standard InChI is InChI=1S/C12H19N3O3/c1-3-18-11-6-10(14-9(2)15-11)13-7-12(16)4-5-17-8-12/h6,16H,3-5,7-8H2,1-2H3,(H,13,14,15). The predicted octanol–water partition coefficient (Wildman–Crippen LogP) is 0.747. The molecule has 1 saturated heterocycles. The molecule has 100 valence electrons. The second kappa shape index (κ2) is 5.49. The summed E-state index contributed by atoms with van der Waals surface area (Å²) < 4.78 is 10.5. The maximum atomic E-state index is 10.1. The van der Waals surface area contributed by atoms with Gasteiger partial charge in [0.25, 0.3) is 0 Å². The second-order valence-electron chi connectivity index (χ2n) is 4.45. The molecule has 1 aliphatic heterocycles. The molecular weight excluding hydrogens is 234 g/mol. The molecule has 2 rings (SSSR count). The Morgan fingerprint density at radius 3 is 3.06 bits per heavy atom. The number of nitrogens with zero attached hydrogens (tertiary/aromatic N) is 2. The van der Waals surface area contributed by atoms with Crippen molar-refractivity contribution in [3.63, 3.8) is 0 Å². The zero-order valence-electron chi connectivity index (χ0n) is 10.8. The van der Waals surface area contributed by atoms with Crippen LogP contribution in [0.4, 0.5) is 5.82 Å². The Morgan fingerprint density at radius 2 is 2.39 bits per heavy atom. The van der Waals surface area contributed by atoms with Gasteiger partial charge in [0.05, 0.1) is 13.2 Å². The van der Waals surface area contributed by atoms with Gasteiger partial charge in [0, 0.05) is 25.6 Å². The number of aliphatic hydroxyl groups is 1. The SMILES string of the molecule is CCOc1cc(NCC2(O)CCOC2)nc(C)n1. The summed E-state index contributed by atoms with van der Waals surface area (Å²) in [6.45, 7) is 5.65. The Morgan fingerprint density at radius 1 is 1.56 bits per heavy atom. The first-order valence-electron chi connectivity index (χ1n) is 6.14. The van der Waals surface area contributed by atoms with Crippen LogP contribution in [0.1, 0.15) is 19.2 Å². The van der Waals surface area contributed by atoms with E-state index in [-0.39, 0.29) is 0 Å². The Kier molecular flexibility index (Phi) is 3.98. The van der Waals surface area contributed by atoms with E-state index in [1.165, 1.54) is 0 Å². The molecule has 1 fully saturated rings. The van der Waals surface area contributed by atoms with Crippen molar-refractivity contribution in [2.75, 3.05) is 31.7 Å². The summed E-state index contributed by atoms with van der Waals surface area (Å²) in [5.74, 6) is 1.84. The van der Waals surface area contributed by atoms with Gasteiger partial charge in [-0.2, -0.15) is 4.98 Å². The number of nitrogens with one attached hydrogen (secondary N) is 1. The minimum absolute atomic E-state index is 0.363. The summed E-state index contributed by atoms with van der Waals surface area (Å²) in [4.78, 5) is 8.41.